The zero-order chi connectivity index (χ0) is 11.5. The van der Waals surface area contributed by atoms with E-state index in [0.717, 1.165) is 0 Å². The molecule has 0 aromatic rings. The number of ether oxygens (including phenoxy) is 2. The molecule has 5 heteroatoms. The number of hydrogen-bond donors (Lipinski definition) is 0. The van der Waals surface area contributed by atoms with E-state index in [2.05, 4.69) is 0 Å². The van der Waals surface area contributed by atoms with E-state index in [1.807, 2.05) is 0 Å². The van der Waals surface area contributed by atoms with Gasteiger partial charge in [-0.3, -0.25) is 9.59 Å². The second-order valence-electron chi connectivity index (χ2n) is 3.51. The predicted molar refractivity (Wildman–Crippen MR) is 52.2 cm³/mol. The Morgan fingerprint density at radius 2 is 1.38 bits per heavy atom. The molecule has 2 rings (SSSR count). The molecule has 2 aliphatic carbocycles. The topological polar surface area (TPSA) is 69.7 Å². The minimum absolute atomic E-state index is 0.0102. The molecule has 5 nitrogen and oxygen atoms in total. The summed E-state index contributed by atoms with van der Waals surface area (Å²) in [7, 11) is 0. The van der Waals surface area contributed by atoms with E-state index >= 15 is 0 Å². The Bertz CT molecular complexity index is 378. The maximum atomic E-state index is 11.2. The number of Topliss-reactive ketones (excluding diaryl/α,β-unsaturated/α-hetero) is 2. The van der Waals surface area contributed by atoms with Crippen molar-refractivity contribution in [2.75, 3.05) is 0 Å². The lowest BCUT2D eigenvalue weighted by Crippen LogP contribution is -2.12. The van der Waals surface area contributed by atoms with Crippen LogP contribution in [0.3, 0.4) is 0 Å². The molecule has 0 spiro atoms. The Balaban J connectivity index is 1.89. The lowest BCUT2D eigenvalue weighted by molar-refractivity contribution is -0.118. The van der Waals surface area contributed by atoms with Crippen LogP contribution in [-0.4, -0.2) is 17.7 Å². The third kappa shape index (κ3) is 2.18. The first-order valence-electron chi connectivity index (χ1n) is 5.03. The van der Waals surface area contributed by atoms with Crippen molar-refractivity contribution in [1.82, 2.24) is 0 Å². The molecule has 84 valence electrons. The third-order valence-electron chi connectivity index (χ3n) is 2.34. The van der Waals surface area contributed by atoms with Crippen LogP contribution in [0.5, 0.6) is 0 Å². The van der Waals surface area contributed by atoms with E-state index < -0.39 is 6.16 Å². The summed E-state index contributed by atoms with van der Waals surface area (Å²) in [6.45, 7) is 0. The highest BCUT2D eigenvalue weighted by atomic mass is 16.7. The Morgan fingerprint density at radius 1 is 0.938 bits per heavy atom. The number of allylic oxidation sites excluding steroid dienone is 4. The van der Waals surface area contributed by atoms with Gasteiger partial charge < -0.3 is 9.47 Å². The van der Waals surface area contributed by atoms with Gasteiger partial charge in [-0.25, -0.2) is 4.79 Å². The summed E-state index contributed by atoms with van der Waals surface area (Å²) in [5.74, 6) is -0.417. The summed E-state index contributed by atoms with van der Waals surface area (Å²) in [4.78, 5) is 33.5. The fraction of sp³-hybridized carbons (Fsp3) is 0.364. The Hall–Kier alpha value is -1.91. The van der Waals surface area contributed by atoms with Gasteiger partial charge in [-0.05, 0) is 25.0 Å². The fourth-order valence-corrected chi connectivity index (χ4v) is 1.54. The van der Waals surface area contributed by atoms with Crippen molar-refractivity contribution < 1.29 is 23.9 Å². The molecule has 2 aliphatic rings. The number of ketones is 2. The highest BCUT2D eigenvalue weighted by molar-refractivity contribution is 5.99. The molecule has 0 radical (unpaired) electrons. The Kier molecular flexibility index (Phi) is 2.85. The second kappa shape index (κ2) is 4.30. The van der Waals surface area contributed by atoms with Crippen LogP contribution in [0.1, 0.15) is 25.7 Å². The highest BCUT2D eigenvalue weighted by Gasteiger charge is 2.24. The summed E-state index contributed by atoms with van der Waals surface area (Å²) in [6, 6.07) is 0. The van der Waals surface area contributed by atoms with Gasteiger partial charge in [-0.2, -0.15) is 0 Å². The monoisotopic (exact) mass is 222 g/mol. The molecule has 0 aliphatic heterocycles. The van der Waals surface area contributed by atoms with E-state index in [1.165, 1.54) is 12.2 Å². The van der Waals surface area contributed by atoms with Gasteiger partial charge in [-0.1, -0.05) is 0 Å². The number of rotatable bonds is 2. The van der Waals surface area contributed by atoms with Crippen LogP contribution in [-0.2, 0) is 19.1 Å². The molecule has 0 aromatic heterocycles. The van der Waals surface area contributed by atoms with Gasteiger partial charge in [0.1, 0.15) is 0 Å². The summed E-state index contributed by atoms with van der Waals surface area (Å²) in [5.41, 5.74) is 0. The van der Waals surface area contributed by atoms with Gasteiger partial charge >= 0.3 is 6.16 Å². The SMILES string of the molecule is O=C(OC1=CCCC1=O)OC1=CCCC1=O. The molecule has 16 heavy (non-hydrogen) atoms. The first-order valence-corrected chi connectivity index (χ1v) is 5.03. The molecule has 0 N–H and O–H groups in total. The summed E-state index contributed by atoms with van der Waals surface area (Å²) in [5, 5.41) is 0. The first kappa shape index (κ1) is 10.6. The van der Waals surface area contributed by atoms with Crippen molar-refractivity contribution in [2.24, 2.45) is 0 Å². The summed E-state index contributed by atoms with van der Waals surface area (Å²) in [6.07, 6.45) is 3.90. The van der Waals surface area contributed by atoms with Crippen molar-refractivity contribution in [3.63, 3.8) is 0 Å². The van der Waals surface area contributed by atoms with Crippen molar-refractivity contribution in [3.8, 4) is 0 Å². The standard InChI is InChI=1S/C11H10O5/c12-7-3-1-5-9(7)15-11(14)16-10-6-2-4-8(10)13/h5-6H,1-4H2. The van der Waals surface area contributed by atoms with Crippen molar-refractivity contribution >= 4 is 17.7 Å². The van der Waals surface area contributed by atoms with Crippen molar-refractivity contribution in [3.05, 3.63) is 23.7 Å². The average Bonchev–Trinajstić information content (AvgIpc) is 2.79. The van der Waals surface area contributed by atoms with Crippen LogP contribution in [0.25, 0.3) is 0 Å². The molecular formula is C11H10O5. The molecule has 0 heterocycles. The quantitative estimate of drug-likeness (QED) is 0.664. The van der Waals surface area contributed by atoms with Gasteiger partial charge in [0, 0.05) is 12.8 Å². The summed E-state index contributed by atoms with van der Waals surface area (Å²) < 4.78 is 9.38. The van der Waals surface area contributed by atoms with E-state index in [-0.39, 0.29) is 23.1 Å². The number of carbonyl (C=O) groups excluding carboxylic acids is 3. The zero-order valence-corrected chi connectivity index (χ0v) is 8.52. The Labute approximate surface area is 91.7 Å². The van der Waals surface area contributed by atoms with E-state index in [1.54, 1.807) is 0 Å². The molecule has 0 atom stereocenters. The zero-order valence-electron chi connectivity index (χ0n) is 8.52. The van der Waals surface area contributed by atoms with E-state index in [4.69, 9.17) is 9.47 Å². The lowest BCUT2D eigenvalue weighted by atomic mass is 10.3. The normalized spacial score (nSPS) is 19.5. The summed E-state index contributed by atoms with van der Waals surface area (Å²) >= 11 is 0. The van der Waals surface area contributed by atoms with E-state index in [9.17, 15) is 14.4 Å². The van der Waals surface area contributed by atoms with Crippen LogP contribution >= 0.6 is 0 Å². The van der Waals surface area contributed by atoms with Crippen LogP contribution in [0, 0.1) is 0 Å². The van der Waals surface area contributed by atoms with Crippen LogP contribution in [0.15, 0.2) is 23.7 Å². The maximum absolute atomic E-state index is 11.2. The van der Waals surface area contributed by atoms with Crippen molar-refractivity contribution in [2.45, 2.75) is 25.7 Å². The number of hydrogen-bond acceptors (Lipinski definition) is 5. The van der Waals surface area contributed by atoms with Crippen molar-refractivity contribution in [1.29, 1.82) is 0 Å². The van der Waals surface area contributed by atoms with Gasteiger partial charge in [0.25, 0.3) is 0 Å². The minimum atomic E-state index is -1.02. The minimum Gasteiger partial charge on any atom is -0.391 e. The Morgan fingerprint density at radius 3 is 1.69 bits per heavy atom. The van der Waals surface area contributed by atoms with Crippen LogP contribution < -0.4 is 0 Å². The largest absolute Gasteiger partial charge is 0.519 e. The lowest BCUT2D eigenvalue weighted by Gasteiger charge is -2.04. The van der Waals surface area contributed by atoms with Gasteiger partial charge in [-0.15, -0.1) is 0 Å². The second-order valence-corrected chi connectivity index (χ2v) is 3.51. The van der Waals surface area contributed by atoms with Crippen LogP contribution in [0.2, 0.25) is 0 Å². The van der Waals surface area contributed by atoms with Gasteiger partial charge in [0.15, 0.2) is 23.1 Å². The molecule has 0 fully saturated rings. The van der Waals surface area contributed by atoms with E-state index in [0.29, 0.717) is 25.7 Å². The molecule has 0 bridgehead atoms. The van der Waals surface area contributed by atoms with Crippen LogP contribution in [0.4, 0.5) is 4.79 Å². The third-order valence-corrected chi connectivity index (χ3v) is 2.34. The fourth-order valence-electron chi connectivity index (χ4n) is 1.54. The highest BCUT2D eigenvalue weighted by Crippen LogP contribution is 2.19. The average molecular weight is 222 g/mol. The molecule has 0 amide bonds. The van der Waals surface area contributed by atoms with Gasteiger partial charge in [0.05, 0.1) is 0 Å². The smallest absolute Gasteiger partial charge is 0.391 e. The molecule has 0 saturated carbocycles. The molecule has 0 unspecified atom stereocenters. The predicted octanol–water partition coefficient (Wildman–Crippen LogP) is 1.63. The maximum Gasteiger partial charge on any atom is 0.519 e. The first-order chi connectivity index (χ1) is 7.66. The molecule has 0 aromatic carbocycles. The molecular weight excluding hydrogens is 212 g/mol. The molecule has 0 saturated heterocycles. The van der Waals surface area contributed by atoms with Gasteiger partial charge in [0.2, 0.25) is 0 Å². The number of carbonyl (C=O) groups is 3.